The number of imidazole rings is 1. The Morgan fingerprint density at radius 1 is 1.77 bits per heavy atom. The maximum absolute atomic E-state index is 5.95. The van der Waals surface area contributed by atoms with Gasteiger partial charge in [0.2, 0.25) is 5.28 Å². The van der Waals surface area contributed by atoms with Crippen LogP contribution in [-0.2, 0) is 13.0 Å². The van der Waals surface area contributed by atoms with Gasteiger partial charge in [0.1, 0.15) is 0 Å². The van der Waals surface area contributed by atoms with Crippen molar-refractivity contribution >= 4 is 11.6 Å². The first-order valence-electron chi connectivity index (χ1n) is 4.65. The van der Waals surface area contributed by atoms with Gasteiger partial charge in [-0.15, -0.1) is 0 Å². The van der Waals surface area contributed by atoms with Crippen molar-refractivity contribution in [3.05, 3.63) is 17.2 Å². The van der Waals surface area contributed by atoms with Gasteiger partial charge in [-0.1, -0.05) is 0 Å². The van der Waals surface area contributed by atoms with Crippen LogP contribution in [-0.4, -0.2) is 23.1 Å². The van der Waals surface area contributed by atoms with Crippen LogP contribution < -0.4 is 5.32 Å². The van der Waals surface area contributed by atoms with E-state index in [1.54, 1.807) is 0 Å². The minimum Gasteiger partial charge on any atom is -0.319 e. The minimum atomic E-state index is 0.635. The molecule has 0 aromatic carbocycles. The van der Waals surface area contributed by atoms with E-state index in [1.807, 2.05) is 13.2 Å². The number of nitrogens with one attached hydrogen (secondary N) is 1. The van der Waals surface area contributed by atoms with Crippen molar-refractivity contribution < 1.29 is 0 Å². The molecule has 1 aliphatic heterocycles. The van der Waals surface area contributed by atoms with Gasteiger partial charge in [-0.3, -0.25) is 0 Å². The highest BCUT2D eigenvalue weighted by molar-refractivity contribution is 6.28. The summed E-state index contributed by atoms with van der Waals surface area (Å²) in [6.07, 6.45) is 4.23. The second-order valence-electron chi connectivity index (χ2n) is 3.59. The van der Waals surface area contributed by atoms with Crippen molar-refractivity contribution in [2.45, 2.75) is 19.4 Å². The third kappa shape index (κ3) is 1.71. The topological polar surface area (TPSA) is 29.9 Å². The molecule has 1 aliphatic rings. The van der Waals surface area contributed by atoms with E-state index >= 15 is 0 Å². The highest BCUT2D eigenvalue weighted by atomic mass is 35.5. The zero-order valence-electron chi connectivity index (χ0n) is 7.76. The monoisotopic (exact) mass is 199 g/mol. The summed E-state index contributed by atoms with van der Waals surface area (Å²) >= 11 is 5.95. The van der Waals surface area contributed by atoms with E-state index in [4.69, 9.17) is 11.6 Å². The maximum Gasteiger partial charge on any atom is 0.202 e. The molecule has 2 heterocycles. The molecule has 0 spiro atoms. The van der Waals surface area contributed by atoms with Crippen LogP contribution in [0, 0.1) is 5.92 Å². The molecular formula is C9H14ClN3. The van der Waals surface area contributed by atoms with Gasteiger partial charge in [0.25, 0.3) is 0 Å². The first kappa shape index (κ1) is 9.03. The van der Waals surface area contributed by atoms with Crippen molar-refractivity contribution in [1.29, 1.82) is 0 Å². The molecule has 0 saturated heterocycles. The fourth-order valence-corrected chi connectivity index (χ4v) is 2.16. The first-order valence-corrected chi connectivity index (χ1v) is 5.03. The Bertz CT molecular complexity index is 295. The van der Waals surface area contributed by atoms with E-state index in [9.17, 15) is 0 Å². The third-order valence-corrected chi connectivity index (χ3v) is 2.93. The molecule has 0 bridgehead atoms. The predicted molar refractivity (Wildman–Crippen MR) is 53.0 cm³/mol. The van der Waals surface area contributed by atoms with Crippen molar-refractivity contribution in [3.8, 4) is 0 Å². The molecule has 0 radical (unpaired) electrons. The lowest BCUT2D eigenvalue weighted by Gasteiger charge is -2.24. The van der Waals surface area contributed by atoms with Crippen LogP contribution in [0.2, 0.25) is 5.28 Å². The van der Waals surface area contributed by atoms with Crippen molar-refractivity contribution in [2.24, 2.45) is 5.92 Å². The van der Waals surface area contributed by atoms with E-state index < -0.39 is 0 Å². The average molecular weight is 200 g/mol. The van der Waals surface area contributed by atoms with Gasteiger partial charge < -0.3 is 9.88 Å². The molecule has 0 aliphatic carbocycles. The highest BCUT2D eigenvalue weighted by Crippen LogP contribution is 2.23. The Morgan fingerprint density at radius 2 is 2.62 bits per heavy atom. The lowest BCUT2D eigenvalue weighted by Crippen LogP contribution is -2.28. The van der Waals surface area contributed by atoms with Gasteiger partial charge in [0.05, 0.1) is 0 Å². The number of halogens is 1. The molecule has 1 unspecified atom stereocenters. The summed E-state index contributed by atoms with van der Waals surface area (Å²) in [6, 6.07) is 0. The van der Waals surface area contributed by atoms with E-state index in [0.29, 0.717) is 11.2 Å². The van der Waals surface area contributed by atoms with Crippen LogP contribution in [0.4, 0.5) is 0 Å². The number of rotatable bonds is 2. The maximum atomic E-state index is 5.95. The number of aromatic nitrogens is 2. The molecule has 1 atom stereocenters. The Labute approximate surface area is 83.1 Å². The highest BCUT2D eigenvalue weighted by Gasteiger charge is 2.19. The van der Waals surface area contributed by atoms with E-state index in [1.165, 1.54) is 12.1 Å². The SMILES string of the molecule is CNCC1CCc2cnc(Cl)n2C1. The largest absolute Gasteiger partial charge is 0.319 e. The summed E-state index contributed by atoms with van der Waals surface area (Å²) in [4.78, 5) is 4.10. The fraction of sp³-hybridized carbons (Fsp3) is 0.667. The number of aryl methyl sites for hydroxylation is 1. The lowest BCUT2D eigenvalue weighted by atomic mass is 9.98. The number of fused-ring (bicyclic) bond motifs is 1. The molecule has 1 aromatic rings. The number of nitrogens with zero attached hydrogens (tertiary/aromatic N) is 2. The molecule has 13 heavy (non-hydrogen) atoms. The molecular weight excluding hydrogens is 186 g/mol. The summed E-state index contributed by atoms with van der Waals surface area (Å²) in [5.41, 5.74) is 1.28. The minimum absolute atomic E-state index is 0.635. The quantitative estimate of drug-likeness (QED) is 0.779. The standard InChI is InChI=1S/C9H14ClN3/c1-11-4-7-2-3-8-5-12-9(10)13(8)6-7/h5,7,11H,2-4,6H2,1H3. The van der Waals surface area contributed by atoms with Crippen LogP contribution >= 0.6 is 11.6 Å². The molecule has 3 nitrogen and oxygen atoms in total. The van der Waals surface area contributed by atoms with E-state index in [2.05, 4.69) is 14.9 Å². The van der Waals surface area contributed by atoms with Crippen molar-refractivity contribution in [3.63, 3.8) is 0 Å². The summed E-state index contributed by atoms with van der Waals surface area (Å²) in [6.45, 7) is 2.07. The van der Waals surface area contributed by atoms with Crippen LogP contribution in [0.1, 0.15) is 12.1 Å². The second kappa shape index (κ2) is 3.68. The lowest BCUT2D eigenvalue weighted by molar-refractivity contribution is 0.361. The average Bonchev–Trinajstić information content (AvgIpc) is 2.49. The van der Waals surface area contributed by atoms with Gasteiger partial charge in [-0.2, -0.15) is 0 Å². The smallest absolute Gasteiger partial charge is 0.202 e. The summed E-state index contributed by atoms with van der Waals surface area (Å²) in [5.74, 6) is 0.698. The van der Waals surface area contributed by atoms with Crippen molar-refractivity contribution in [2.75, 3.05) is 13.6 Å². The van der Waals surface area contributed by atoms with Gasteiger partial charge >= 0.3 is 0 Å². The first-order chi connectivity index (χ1) is 6.31. The molecule has 72 valence electrons. The zero-order chi connectivity index (χ0) is 9.26. The second-order valence-corrected chi connectivity index (χ2v) is 3.93. The molecule has 1 N–H and O–H groups in total. The summed E-state index contributed by atoms with van der Waals surface area (Å²) < 4.78 is 2.12. The van der Waals surface area contributed by atoms with E-state index in [-0.39, 0.29) is 0 Å². The van der Waals surface area contributed by atoms with Crippen molar-refractivity contribution in [1.82, 2.24) is 14.9 Å². The zero-order valence-corrected chi connectivity index (χ0v) is 8.51. The van der Waals surface area contributed by atoms with Gasteiger partial charge in [-0.25, -0.2) is 4.98 Å². The van der Waals surface area contributed by atoms with Gasteiger partial charge in [0.15, 0.2) is 0 Å². The molecule has 4 heteroatoms. The molecule has 0 fully saturated rings. The van der Waals surface area contributed by atoms with Crippen LogP contribution in [0.25, 0.3) is 0 Å². The van der Waals surface area contributed by atoms with Gasteiger partial charge in [-0.05, 0) is 44.0 Å². The molecule has 0 saturated carbocycles. The van der Waals surface area contributed by atoms with E-state index in [0.717, 1.165) is 19.5 Å². The van der Waals surface area contributed by atoms with Crippen LogP contribution in [0.15, 0.2) is 6.20 Å². The Morgan fingerprint density at radius 3 is 3.38 bits per heavy atom. The van der Waals surface area contributed by atoms with Crippen LogP contribution in [0.3, 0.4) is 0 Å². The molecule has 2 rings (SSSR count). The molecule has 1 aromatic heterocycles. The third-order valence-electron chi connectivity index (χ3n) is 2.63. The Balaban J connectivity index is 2.13. The summed E-state index contributed by atoms with van der Waals surface area (Å²) in [7, 11) is 1.99. The fourth-order valence-electron chi connectivity index (χ4n) is 1.93. The van der Waals surface area contributed by atoms with Gasteiger partial charge in [0, 0.05) is 18.4 Å². The number of hydrogen-bond acceptors (Lipinski definition) is 2. The predicted octanol–water partition coefficient (Wildman–Crippen LogP) is 1.32. The molecule has 0 amide bonds. The normalized spacial score (nSPS) is 21.5. The summed E-state index contributed by atoms with van der Waals surface area (Å²) in [5, 5.41) is 3.84. The Kier molecular flexibility index (Phi) is 2.56. The van der Waals surface area contributed by atoms with Crippen LogP contribution in [0.5, 0.6) is 0 Å². The number of hydrogen-bond donors (Lipinski definition) is 1. The Hall–Kier alpha value is -0.540.